The van der Waals surface area contributed by atoms with Crippen molar-refractivity contribution in [1.29, 1.82) is 0 Å². The van der Waals surface area contributed by atoms with Gasteiger partial charge in [0.2, 0.25) is 0 Å². The minimum Gasteiger partial charge on any atom is -0.486 e. The fourth-order valence-electron chi connectivity index (χ4n) is 1.58. The molecule has 0 unspecified atom stereocenters. The summed E-state index contributed by atoms with van der Waals surface area (Å²) < 4.78 is 10.4. The average Bonchev–Trinajstić information content (AvgIpc) is 2.44. The fourth-order valence-corrected chi connectivity index (χ4v) is 1.83. The third-order valence-corrected chi connectivity index (χ3v) is 3.15. The molecule has 1 rings (SSSR count). The van der Waals surface area contributed by atoms with Crippen molar-refractivity contribution in [1.82, 2.24) is 5.32 Å². The van der Waals surface area contributed by atoms with Crippen LogP contribution in [0.3, 0.4) is 0 Å². The lowest BCUT2D eigenvalue weighted by Crippen LogP contribution is -2.18. The van der Waals surface area contributed by atoms with Crippen LogP contribution in [0.1, 0.15) is 5.56 Å². The Kier molecular flexibility index (Phi) is 8.01. The van der Waals surface area contributed by atoms with Crippen LogP contribution < -0.4 is 10.1 Å². The quantitative estimate of drug-likeness (QED) is 0.405. The molecule has 0 heterocycles. The maximum absolute atomic E-state index is 11.1. The molecule has 0 saturated carbocycles. The maximum atomic E-state index is 11.1. The Morgan fingerprint density at radius 3 is 2.85 bits per heavy atom. The van der Waals surface area contributed by atoms with Crippen molar-refractivity contribution < 1.29 is 14.4 Å². The number of nitrogens with one attached hydrogen (secondary N) is 1. The number of hydrogen-bond acceptors (Lipinski definition) is 6. The number of nitro benzene ring substituents is 1. The smallest absolute Gasteiger partial charge is 0.311 e. The minimum atomic E-state index is -0.410. The number of rotatable bonds is 10. The number of methoxy groups -OCH3 is 1. The summed E-state index contributed by atoms with van der Waals surface area (Å²) in [7, 11) is 1.63. The predicted octanol–water partition coefficient (Wildman–Crippen LogP) is 2.07. The Bertz CT molecular complexity index is 429. The highest BCUT2D eigenvalue weighted by Crippen LogP contribution is 2.28. The van der Waals surface area contributed by atoms with Gasteiger partial charge in [-0.2, -0.15) is 11.8 Å². The fraction of sp³-hybridized carbons (Fsp3) is 0.538. The van der Waals surface area contributed by atoms with Crippen LogP contribution in [0, 0.1) is 10.1 Å². The molecule has 7 heteroatoms. The van der Waals surface area contributed by atoms with Crippen LogP contribution in [0.5, 0.6) is 5.75 Å². The van der Waals surface area contributed by atoms with Crippen molar-refractivity contribution >= 4 is 17.4 Å². The van der Waals surface area contributed by atoms with Crippen molar-refractivity contribution in [2.24, 2.45) is 0 Å². The van der Waals surface area contributed by atoms with E-state index in [9.17, 15) is 10.1 Å². The molecule has 6 nitrogen and oxygen atoms in total. The number of nitrogens with zero attached hydrogens (tertiary/aromatic N) is 1. The topological polar surface area (TPSA) is 73.6 Å². The van der Waals surface area contributed by atoms with Gasteiger partial charge in [-0.3, -0.25) is 10.1 Å². The van der Waals surface area contributed by atoms with Crippen molar-refractivity contribution in [3.05, 3.63) is 33.9 Å². The van der Waals surface area contributed by atoms with Crippen LogP contribution >= 0.6 is 11.8 Å². The zero-order chi connectivity index (χ0) is 14.8. The van der Waals surface area contributed by atoms with Gasteiger partial charge in [-0.1, -0.05) is 6.07 Å². The second kappa shape index (κ2) is 9.57. The largest absolute Gasteiger partial charge is 0.486 e. The van der Waals surface area contributed by atoms with Gasteiger partial charge in [-0.25, -0.2) is 0 Å². The number of thioether (sulfide) groups is 1. The number of hydrogen-bond donors (Lipinski definition) is 1. The third kappa shape index (κ3) is 5.77. The Hall–Kier alpha value is -1.31. The van der Waals surface area contributed by atoms with E-state index in [1.54, 1.807) is 31.0 Å². The number of nitro groups is 1. The van der Waals surface area contributed by atoms with Gasteiger partial charge in [-0.05, 0) is 17.9 Å². The molecule has 0 radical (unpaired) electrons. The second-order valence-corrected chi connectivity index (χ2v) is 5.06. The van der Waals surface area contributed by atoms with Crippen molar-refractivity contribution in [2.45, 2.75) is 6.54 Å². The van der Waals surface area contributed by atoms with E-state index in [2.05, 4.69) is 5.32 Å². The Labute approximate surface area is 123 Å². The normalized spacial score (nSPS) is 10.5. The molecule has 1 aromatic carbocycles. The summed E-state index contributed by atoms with van der Waals surface area (Å²) in [5, 5.41) is 14.2. The molecule has 0 spiro atoms. The zero-order valence-corrected chi connectivity index (χ0v) is 12.6. The van der Waals surface area contributed by atoms with E-state index in [0.29, 0.717) is 32.1 Å². The average molecular weight is 300 g/mol. The number of ether oxygens (including phenoxy) is 2. The van der Waals surface area contributed by atoms with Gasteiger partial charge in [0.1, 0.15) is 0 Å². The molecule has 0 bridgehead atoms. The lowest BCUT2D eigenvalue weighted by atomic mass is 10.2. The lowest BCUT2D eigenvalue weighted by Gasteiger charge is -2.08. The predicted molar refractivity (Wildman–Crippen MR) is 80.6 cm³/mol. The highest BCUT2D eigenvalue weighted by Gasteiger charge is 2.15. The summed E-state index contributed by atoms with van der Waals surface area (Å²) in [5.74, 6) is 1.13. The van der Waals surface area contributed by atoms with E-state index >= 15 is 0 Å². The zero-order valence-electron chi connectivity index (χ0n) is 11.8. The molecular weight excluding hydrogens is 280 g/mol. The molecule has 0 aliphatic rings. The van der Waals surface area contributed by atoms with E-state index < -0.39 is 4.92 Å². The molecule has 112 valence electrons. The first kappa shape index (κ1) is 16.7. The first-order valence-corrected chi connectivity index (χ1v) is 7.67. The van der Waals surface area contributed by atoms with Gasteiger partial charge >= 0.3 is 5.69 Å². The monoisotopic (exact) mass is 300 g/mol. The molecule has 0 aliphatic carbocycles. The molecule has 20 heavy (non-hydrogen) atoms. The van der Waals surface area contributed by atoms with Gasteiger partial charge in [0.05, 0.1) is 18.1 Å². The molecule has 0 aromatic heterocycles. The second-order valence-electron chi connectivity index (χ2n) is 4.07. The Morgan fingerprint density at radius 1 is 1.40 bits per heavy atom. The van der Waals surface area contributed by atoms with Gasteiger partial charge in [0.15, 0.2) is 5.75 Å². The first-order chi connectivity index (χ1) is 9.69. The van der Waals surface area contributed by atoms with Gasteiger partial charge in [0.25, 0.3) is 0 Å². The summed E-state index contributed by atoms with van der Waals surface area (Å²) in [6.07, 6.45) is 1.96. The summed E-state index contributed by atoms with van der Waals surface area (Å²) in [4.78, 5) is 10.7. The molecule has 0 fully saturated rings. The molecular formula is C13H20N2O4S. The summed E-state index contributed by atoms with van der Waals surface area (Å²) in [5.41, 5.74) is 0.863. The van der Waals surface area contributed by atoms with Gasteiger partial charge in [-0.15, -0.1) is 0 Å². The lowest BCUT2D eigenvalue weighted by molar-refractivity contribution is -0.385. The standard InChI is InChI=1S/C13H20N2O4S/c1-18-6-5-14-10-11-3-4-13(19-7-8-20-2)12(9-11)15(16)17/h3-4,9,14H,5-8,10H2,1-2H3. The van der Waals surface area contributed by atoms with Gasteiger partial charge < -0.3 is 14.8 Å². The minimum absolute atomic E-state index is 0.0112. The van der Waals surface area contributed by atoms with Crippen molar-refractivity contribution in [3.63, 3.8) is 0 Å². The molecule has 1 aromatic rings. The van der Waals surface area contributed by atoms with Crippen LogP contribution in [0.15, 0.2) is 18.2 Å². The Morgan fingerprint density at radius 2 is 2.20 bits per heavy atom. The van der Waals surface area contributed by atoms with Crippen LogP contribution in [-0.4, -0.2) is 43.8 Å². The van der Waals surface area contributed by atoms with Crippen molar-refractivity contribution in [2.75, 3.05) is 38.9 Å². The Balaban J connectivity index is 2.66. The van der Waals surface area contributed by atoms with Crippen LogP contribution in [0.4, 0.5) is 5.69 Å². The summed E-state index contributed by atoms with van der Waals surface area (Å²) in [6, 6.07) is 5.04. The van der Waals surface area contributed by atoms with Crippen LogP contribution in [0.25, 0.3) is 0 Å². The molecule has 1 N–H and O–H groups in total. The first-order valence-electron chi connectivity index (χ1n) is 6.27. The molecule has 0 saturated heterocycles. The SMILES string of the molecule is COCCNCc1ccc(OCCSC)c([N+](=O)[O-])c1. The molecule has 0 atom stereocenters. The van der Waals surface area contributed by atoms with Crippen molar-refractivity contribution in [3.8, 4) is 5.75 Å². The highest BCUT2D eigenvalue weighted by molar-refractivity contribution is 7.98. The van der Waals surface area contributed by atoms with E-state index in [1.165, 1.54) is 0 Å². The highest BCUT2D eigenvalue weighted by atomic mass is 32.2. The van der Waals surface area contributed by atoms with E-state index in [1.807, 2.05) is 12.3 Å². The van der Waals surface area contributed by atoms with Crippen LogP contribution in [0.2, 0.25) is 0 Å². The third-order valence-electron chi connectivity index (χ3n) is 2.58. The van der Waals surface area contributed by atoms with E-state index in [4.69, 9.17) is 9.47 Å². The van der Waals surface area contributed by atoms with Gasteiger partial charge in [0, 0.05) is 32.0 Å². The molecule has 0 aliphatic heterocycles. The molecule has 0 amide bonds. The number of benzene rings is 1. The van der Waals surface area contributed by atoms with Crippen LogP contribution in [-0.2, 0) is 11.3 Å². The van der Waals surface area contributed by atoms with E-state index in [-0.39, 0.29) is 5.69 Å². The summed E-state index contributed by atoms with van der Waals surface area (Å²) in [6.45, 7) is 2.34. The summed E-state index contributed by atoms with van der Waals surface area (Å²) >= 11 is 1.64. The maximum Gasteiger partial charge on any atom is 0.311 e. The van der Waals surface area contributed by atoms with E-state index in [0.717, 1.165) is 11.3 Å².